The van der Waals surface area contributed by atoms with E-state index in [9.17, 15) is 4.79 Å². The molecule has 0 spiro atoms. The fourth-order valence-electron chi connectivity index (χ4n) is 1.68. The van der Waals surface area contributed by atoms with Crippen LogP contribution in [0.25, 0.3) is 11.4 Å². The molecule has 0 aliphatic carbocycles. The van der Waals surface area contributed by atoms with Gasteiger partial charge >= 0.3 is 0 Å². The first-order valence-electron chi connectivity index (χ1n) is 5.68. The largest absolute Gasteiger partial charge is 0.497 e. The van der Waals surface area contributed by atoms with Gasteiger partial charge in [0, 0.05) is 17.1 Å². The van der Waals surface area contributed by atoms with E-state index in [4.69, 9.17) is 9.47 Å². The predicted octanol–water partition coefficient (Wildman–Crippen LogP) is 2.96. The lowest BCUT2D eigenvalue weighted by atomic mass is 10.2. The molecule has 0 aliphatic heterocycles. The summed E-state index contributed by atoms with van der Waals surface area (Å²) in [6.45, 7) is 0.288. The van der Waals surface area contributed by atoms with E-state index in [0.717, 1.165) is 10.0 Å². The van der Waals surface area contributed by atoms with Gasteiger partial charge < -0.3 is 14.5 Å². The van der Waals surface area contributed by atoms with Crippen molar-refractivity contribution in [1.29, 1.82) is 0 Å². The highest BCUT2D eigenvalue weighted by Crippen LogP contribution is 2.29. The van der Waals surface area contributed by atoms with Gasteiger partial charge in [0.15, 0.2) is 0 Å². The lowest BCUT2D eigenvalue weighted by Gasteiger charge is -2.09. The first-order chi connectivity index (χ1) is 9.56. The highest BCUT2D eigenvalue weighted by atomic mass is 127. The molecule has 1 N–H and O–H groups in total. The summed E-state index contributed by atoms with van der Waals surface area (Å²) in [4.78, 5) is 19.2. The van der Waals surface area contributed by atoms with Gasteiger partial charge in [-0.3, -0.25) is 4.79 Å². The van der Waals surface area contributed by atoms with E-state index in [-0.39, 0.29) is 12.2 Å². The van der Waals surface area contributed by atoms with E-state index in [2.05, 4.69) is 25.9 Å². The molecule has 2 aromatic rings. The van der Waals surface area contributed by atoms with E-state index in [1.54, 1.807) is 14.2 Å². The van der Waals surface area contributed by atoms with Crippen LogP contribution in [0, 0.1) is 3.57 Å². The van der Waals surface area contributed by atoms with Crippen molar-refractivity contribution >= 4 is 38.5 Å². The summed E-state index contributed by atoms with van der Waals surface area (Å²) in [5.74, 6) is 1.17. The van der Waals surface area contributed by atoms with Crippen LogP contribution in [0.3, 0.4) is 0 Å². The van der Waals surface area contributed by atoms with Crippen LogP contribution < -0.4 is 10.3 Å². The van der Waals surface area contributed by atoms with Crippen molar-refractivity contribution in [3.8, 4) is 17.1 Å². The predicted molar refractivity (Wildman–Crippen MR) is 88.0 cm³/mol. The Kier molecular flexibility index (Phi) is 5.17. The number of nitrogens with zero attached hydrogens (tertiary/aromatic N) is 1. The van der Waals surface area contributed by atoms with Crippen LogP contribution in [-0.2, 0) is 11.3 Å². The average Bonchev–Trinajstić information content (AvgIpc) is 2.44. The Morgan fingerprint density at radius 1 is 1.40 bits per heavy atom. The quantitative estimate of drug-likeness (QED) is 0.727. The first kappa shape index (κ1) is 15.5. The van der Waals surface area contributed by atoms with Crippen LogP contribution in [0.15, 0.2) is 27.5 Å². The molecular weight excluding hydrogens is 439 g/mol. The van der Waals surface area contributed by atoms with Crippen molar-refractivity contribution in [3.63, 3.8) is 0 Å². The third-order valence-electron chi connectivity index (χ3n) is 2.64. The average molecular weight is 451 g/mol. The second-order valence-electron chi connectivity index (χ2n) is 3.95. The zero-order valence-electron chi connectivity index (χ0n) is 10.9. The molecule has 0 saturated heterocycles. The molecule has 20 heavy (non-hydrogen) atoms. The van der Waals surface area contributed by atoms with E-state index < -0.39 is 0 Å². The minimum absolute atomic E-state index is 0.183. The molecule has 0 radical (unpaired) electrons. The van der Waals surface area contributed by atoms with Gasteiger partial charge in [-0.2, -0.15) is 0 Å². The van der Waals surface area contributed by atoms with Crippen molar-refractivity contribution in [2.75, 3.05) is 14.2 Å². The Bertz CT molecular complexity index is 688. The molecule has 0 unspecified atom stereocenters. The molecule has 0 bridgehead atoms. The fourth-order valence-corrected chi connectivity index (χ4v) is 2.52. The lowest BCUT2D eigenvalue weighted by molar-refractivity contribution is 0.180. The number of halogens is 2. The van der Waals surface area contributed by atoms with Crippen LogP contribution in [0.4, 0.5) is 0 Å². The molecular formula is C13H12BrIN2O3. The molecule has 106 valence electrons. The van der Waals surface area contributed by atoms with Gasteiger partial charge in [0.2, 0.25) is 0 Å². The Hall–Kier alpha value is -0.930. The number of nitrogens with one attached hydrogen (secondary N) is 1. The molecule has 1 aromatic carbocycles. The van der Waals surface area contributed by atoms with Crippen LogP contribution in [0.1, 0.15) is 5.69 Å². The zero-order chi connectivity index (χ0) is 14.7. The number of benzene rings is 1. The van der Waals surface area contributed by atoms with Gasteiger partial charge in [-0.1, -0.05) is 15.9 Å². The molecule has 5 nitrogen and oxygen atoms in total. The maximum absolute atomic E-state index is 12.0. The molecule has 0 fully saturated rings. The summed E-state index contributed by atoms with van der Waals surface area (Å²) in [5.41, 5.74) is 1.19. The van der Waals surface area contributed by atoms with Gasteiger partial charge in [-0.15, -0.1) is 0 Å². The molecule has 0 atom stereocenters. The number of methoxy groups -OCH3 is 2. The van der Waals surface area contributed by atoms with E-state index >= 15 is 0 Å². The number of ether oxygens (including phenoxy) is 2. The normalized spacial score (nSPS) is 10.6. The molecule has 0 aliphatic rings. The van der Waals surface area contributed by atoms with E-state index in [1.807, 2.05) is 40.8 Å². The van der Waals surface area contributed by atoms with Crippen LogP contribution in [0.2, 0.25) is 0 Å². The van der Waals surface area contributed by atoms with Crippen LogP contribution in [0.5, 0.6) is 5.75 Å². The smallest absolute Gasteiger partial charge is 0.264 e. The summed E-state index contributed by atoms with van der Waals surface area (Å²) >= 11 is 5.42. The fraction of sp³-hybridized carbons (Fsp3) is 0.231. The zero-order valence-corrected chi connectivity index (χ0v) is 14.6. The van der Waals surface area contributed by atoms with Crippen molar-refractivity contribution in [1.82, 2.24) is 9.97 Å². The van der Waals surface area contributed by atoms with Gasteiger partial charge in [-0.25, -0.2) is 4.98 Å². The summed E-state index contributed by atoms with van der Waals surface area (Å²) in [6, 6.07) is 5.49. The minimum Gasteiger partial charge on any atom is -0.497 e. The molecule has 0 saturated carbocycles. The second-order valence-corrected chi connectivity index (χ2v) is 5.89. The lowest BCUT2D eigenvalue weighted by Crippen LogP contribution is -2.17. The number of hydrogen-bond acceptors (Lipinski definition) is 4. The molecule has 2 rings (SSSR count). The van der Waals surface area contributed by atoms with Crippen molar-refractivity contribution in [3.05, 3.63) is 42.3 Å². The van der Waals surface area contributed by atoms with Crippen LogP contribution in [-0.4, -0.2) is 24.2 Å². The SMILES string of the molecule is COCc1nc(-c2cc(OC)ccc2Br)[nH]c(=O)c1I. The maximum Gasteiger partial charge on any atom is 0.264 e. The Morgan fingerprint density at radius 3 is 2.80 bits per heavy atom. The number of aromatic nitrogens is 2. The monoisotopic (exact) mass is 450 g/mol. The first-order valence-corrected chi connectivity index (χ1v) is 7.55. The number of H-pyrrole nitrogens is 1. The Labute approximate surface area is 138 Å². The van der Waals surface area contributed by atoms with Crippen molar-refractivity contribution < 1.29 is 9.47 Å². The van der Waals surface area contributed by atoms with Gasteiger partial charge in [-0.05, 0) is 40.8 Å². The van der Waals surface area contributed by atoms with Crippen molar-refractivity contribution in [2.24, 2.45) is 0 Å². The Morgan fingerprint density at radius 2 is 2.15 bits per heavy atom. The maximum atomic E-state index is 12.0. The van der Waals surface area contributed by atoms with Gasteiger partial charge in [0.05, 0.1) is 19.4 Å². The number of rotatable bonds is 4. The van der Waals surface area contributed by atoms with Crippen LogP contribution >= 0.6 is 38.5 Å². The van der Waals surface area contributed by atoms with Crippen molar-refractivity contribution in [2.45, 2.75) is 6.61 Å². The summed E-state index contributed by atoms with van der Waals surface area (Å²) in [7, 11) is 3.16. The summed E-state index contributed by atoms with van der Waals surface area (Å²) in [6.07, 6.45) is 0. The Balaban J connectivity index is 2.60. The van der Waals surface area contributed by atoms with Gasteiger partial charge in [0.1, 0.15) is 15.1 Å². The third kappa shape index (κ3) is 3.21. The number of hydrogen-bond donors (Lipinski definition) is 1. The molecule has 1 heterocycles. The minimum atomic E-state index is -0.183. The molecule has 0 amide bonds. The van der Waals surface area contributed by atoms with E-state index in [1.165, 1.54) is 0 Å². The summed E-state index contributed by atoms with van der Waals surface area (Å²) < 4.78 is 11.6. The highest BCUT2D eigenvalue weighted by molar-refractivity contribution is 14.1. The highest BCUT2D eigenvalue weighted by Gasteiger charge is 2.13. The molecule has 1 aromatic heterocycles. The van der Waals surface area contributed by atoms with E-state index in [0.29, 0.717) is 20.8 Å². The third-order valence-corrected chi connectivity index (χ3v) is 4.45. The molecule has 7 heteroatoms. The second kappa shape index (κ2) is 6.68. The number of aromatic amines is 1. The summed E-state index contributed by atoms with van der Waals surface area (Å²) in [5, 5.41) is 0. The topological polar surface area (TPSA) is 64.2 Å². The van der Waals surface area contributed by atoms with Gasteiger partial charge in [0.25, 0.3) is 5.56 Å². The standard InChI is InChI=1S/C13H12BrIN2O3/c1-19-6-10-11(15)13(18)17-12(16-10)8-5-7(20-2)3-4-9(8)14/h3-5H,6H2,1-2H3,(H,16,17,18).